The van der Waals surface area contributed by atoms with Gasteiger partial charge in [0.15, 0.2) is 0 Å². The van der Waals surface area contributed by atoms with E-state index in [0.29, 0.717) is 18.0 Å². The van der Waals surface area contributed by atoms with Crippen LogP contribution in [0.3, 0.4) is 0 Å². The molecule has 0 aromatic carbocycles. The summed E-state index contributed by atoms with van der Waals surface area (Å²) in [7, 11) is 1.65. The average molecular weight is 220 g/mol. The van der Waals surface area contributed by atoms with E-state index in [9.17, 15) is 0 Å². The molecule has 1 aromatic rings. The van der Waals surface area contributed by atoms with Crippen molar-refractivity contribution in [2.24, 2.45) is 0 Å². The molecule has 1 aromatic heterocycles. The quantitative estimate of drug-likeness (QED) is 0.783. The molecule has 1 unspecified atom stereocenters. The van der Waals surface area contributed by atoms with Gasteiger partial charge in [0.2, 0.25) is 5.88 Å². The summed E-state index contributed by atoms with van der Waals surface area (Å²) < 4.78 is 5.08. The van der Waals surface area contributed by atoms with Gasteiger partial charge >= 0.3 is 0 Å². The molecule has 0 radical (unpaired) electrons. The van der Waals surface area contributed by atoms with E-state index in [1.165, 1.54) is 24.9 Å². The van der Waals surface area contributed by atoms with Crippen LogP contribution in [0.2, 0.25) is 0 Å². The van der Waals surface area contributed by atoms with Gasteiger partial charge in [-0.1, -0.05) is 6.07 Å². The molecule has 1 saturated heterocycles. The van der Waals surface area contributed by atoms with E-state index in [4.69, 9.17) is 4.74 Å². The summed E-state index contributed by atoms with van der Waals surface area (Å²) in [5.41, 5.74) is 1.31. The van der Waals surface area contributed by atoms with Gasteiger partial charge in [0.25, 0.3) is 0 Å². The minimum absolute atomic E-state index is 0.540. The molecule has 88 valence electrons. The molecule has 3 nitrogen and oxygen atoms in total. The molecule has 2 heterocycles. The number of ether oxygens (including phenoxy) is 1. The smallest absolute Gasteiger partial charge is 0.212 e. The highest BCUT2D eigenvalue weighted by molar-refractivity contribution is 5.21. The predicted octanol–water partition coefficient (Wildman–Crippen LogP) is 2.64. The third kappa shape index (κ3) is 2.19. The molecule has 1 fully saturated rings. The molecule has 2 rings (SSSR count). The van der Waals surface area contributed by atoms with Crippen molar-refractivity contribution in [1.82, 2.24) is 9.88 Å². The van der Waals surface area contributed by atoms with Crippen LogP contribution in [0.1, 0.15) is 38.3 Å². The van der Waals surface area contributed by atoms with E-state index >= 15 is 0 Å². The Kier molecular flexibility index (Phi) is 3.44. The molecule has 0 aliphatic carbocycles. The molecule has 0 spiro atoms. The Hall–Kier alpha value is -1.09. The van der Waals surface area contributed by atoms with Crippen LogP contribution in [0.4, 0.5) is 0 Å². The van der Waals surface area contributed by atoms with Gasteiger partial charge in [0.05, 0.1) is 7.11 Å². The van der Waals surface area contributed by atoms with Gasteiger partial charge in [-0.05, 0) is 38.8 Å². The standard InChI is InChI=1S/C13H20N2O/c1-10(2)15-8-4-5-12(15)11-6-7-13(16-3)14-9-11/h6-7,9-10,12H,4-5,8H2,1-3H3. The Morgan fingerprint density at radius 1 is 1.44 bits per heavy atom. The molecule has 1 aliphatic rings. The van der Waals surface area contributed by atoms with E-state index in [2.05, 4.69) is 29.8 Å². The molecule has 0 amide bonds. The van der Waals surface area contributed by atoms with Crippen molar-refractivity contribution < 1.29 is 4.74 Å². The number of aromatic nitrogens is 1. The van der Waals surface area contributed by atoms with Crippen LogP contribution in [-0.4, -0.2) is 29.6 Å². The molecule has 16 heavy (non-hydrogen) atoms. The van der Waals surface area contributed by atoms with Crippen LogP contribution in [0, 0.1) is 0 Å². The summed E-state index contributed by atoms with van der Waals surface area (Å²) in [6.07, 6.45) is 4.48. The van der Waals surface area contributed by atoms with Crippen LogP contribution in [0.5, 0.6) is 5.88 Å². The Labute approximate surface area is 97.4 Å². The number of pyridine rings is 1. The highest BCUT2D eigenvalue weighted by Gasteiger charge is 2.27. The van der Waals surface area contributed by atoms with Gasteiger partial charge in [0, 0.05) is 24.3 Å². The van der Waals surface area contributed by atoms with Crippen molar-refractivity contribution in [2.75, 3.05) is 13.7 Å². The van der Waals surface area contributed by atoms with Crippen molar-refractivity contribution in [1.29, 1.82) is 0 Å². The number of hydrogen-bond donors (Lipinski definition) is 0. The average Bonchev–Trinajstić information content (AvgIpc) is 2.78. The van der Waals surface area contributed by atoms with Crippen molar-refractivity contribution in [3.8, 4) is 5.88 Å². The first-order valence-corrected chi connectivity index (χ1v) is 5.98. The Balaban J connectivity index is 2.16. The first kappa shape index (κ1) is 11.4. The first-order chi connectivity index (χ1) is 7.72. The highest BCUT2D eigenvalue weighted by atomic mass is 16.5. The second kappa shape index (κ2) is 4.83. The first-order valence-electron chi connectivity index (χ1n) is 5.98. The van der Waals surface area contributed by atoms with Crippen LogP contribution in [0.25, 0.3) is 0 Å². The van der Waals surface area contributed by atoms with Crippen molar-refractivity contribution in [3.63, 3.8) is 0 Å². The van der Waals surface area contributed by atoms with Crippen molar-refractivity contribution in [2.45, 2.75) is 38.8 Å². The van der Waals surface area contributed by atoms with E-state index in [-0.39, 0.29) is 0 Å². The zero-order valence-corrected chi connectivity index (χ0v) is 10.3. The molecule has 1 aliphatic heterocycles. The molecule has 3 heteroatoms. The topological polar surface area (TPSA) is 25.4 Å². The second-order valence-corrected chi connectivity index (χ2v) is 4.62. The molecule has 0 saturated carbocycles. The maximum absolute atomic E-state index is 5.08. The third-order valence-electron chi connectivity index (χ3n) is 3.31. The van der Waals surface area contributed by atoms with E-state index in [1.807, 2.05) is 12.3 Å². The zero-order chi connectivity index (χ0) is 11.5. The summed E-state index contributed by atoms with van der Waals surface area (Å²) in [6.45, 7) is 5.72. The number of rotatable bonds is 3. The van der Waals surface area contributed by atoms with Gasteiger partial charge in [-0.2, -0.15) is 0 Å². The lowest BCUT2D eigenvalue weighted by atomic mass is 10.1. The van der Waals surface area contributed by atoms with Crippen LogP contribution in [-0.2, 0) is 0 Å². The summed E-state index contributed by atoms with van der Waals surface area (Å²) in [5.74, 6) is 0.692. The largest absolute Gasteiger partial charge is 0.481 e. The Bertz CT molecular complexity index is 334. The monoisotopic (exact) mass is 220 g/mol. The molecular formula is C13H20N2O. The fourth-order valence-electron chi connectivity index (χ4n) is 2.47. The number of hydrogen-bond acceptors (Lipinski definition) is 3. The Morgan fingerprint density at radius 2 is 2.25 bits per heavy atom. The minimum atomic E-state index is 0.540. The summed E-state index contributed by atoms with van der Waals surface area (Å²) in [4.78, 5) is 6.83. The fraction of sp³-hybridized carbons (Fsp3) is 0.615. The lowest BCUT2D eigenvalue weighted by molar-refractivity contribution is 0.205. The third-order valence-corrected chi connectivity index (χ3v) is 3.31. The van der Waals surface area contributed by atoms with E-state index in [1.54, 1.807) is 7.11 Å². The van der Waals surface area contributed by atoms with Crippen LogP contribution < -0.4 is 4.74 Å². The van der Waals surface area contributed by atoms with Crippen LogP contribution >= 0.6 is 0 Å². The SMILES string of the molecule is COc1ccc(C2CCCN2C(C)C)cn1. The van der Waals surface area contributed by atoms with Gasteiger partial charge in [-0.15, -0.1) is 0 Å². The lowest BCUT2D eigenvalue weighted by Gasteiger charge is -2.28. The van der Waals surface area contributed by atoms with Crippen molar-refractivity contribution >= 4 is 0 Å². The van der Waals surface area contributed by atoms with Gasteiger partial charge in [-0.3, -0.25) is 4.90 Å². The maximum Gasteiger partial charge on any atom is 0.212 e. The molecule has 0 bridgehead atoms. The van der Waals surface area contributed by atoms with Gasteiger partial charge in [0.1, 0.15) is 0 Å². The van der Waals surface area contributed by atoms with E-state index < -0.39 is 0 Å². The van der Waals surface area contributed by atoms with Gasteiger partial charge in [-0.25, -0.2) is 4.98 Å². The number of methoxy groups -OCH3 is 1. The van der Waals surface area contributed by atoms with Crippen molar-refractivity contribution in [3.05, 3.63) is 23.9 Å². The summed E-state index contributed by atoms with van der Waals surface area (Å²) in [5, 5.41) is 0. The summed E-state index contributed by atoms with van der Waals surface area (Å²) in [6, 6.07) is 5.23. The number of nitrogens with zero attached hydrogens (tertiary/aromatic N) is 2. The van der Waals surface area contributed by atoms with Gasteiger partial charge < -0.3 is 4.74 Å². The predicted molar refractivity (Wildman–Crippen MR) is 64.6 cm³/mol. The Morgan fingerprint density at radius 3 is 2.81 bits per heavy atom. The number of likely N-dealkylation sites (tertiary alicyclic amines) is 1. The fourth-order valence-corrected chi connectivity index (χ4v) is 2.47. The molecule has 0 N–H and O–H groups in total. The summed E-state index contributed by atoms with van der Waals surface area (Å²) >= 11 is 0. The second-order valence-electron chi connectivity index (χ2n) is 4.62. The minimum Gasteiger partial charge on any atom is -0.481 e. The lowest BCUT2D eigenvalue weighted by Crippen LogP contribution is -2.30. The zero-order valence-electron chi connectivity index (χ0n) is 10.3. The van der Waals surface area contributed by atoms with Crippen LogP contribution in [0.15, 0.2) is 18.3 Å². The normalized spacial score (nSPS) is 21.6. The molecule has 1 atom stereocenters. The molecular weight excluding hydrogens is 200 g/mol. The highest BCUT2D eigenvalue weighted by Crippen LogP contribution is 2.33. The van der Waals surface area contributed by atoms with E-state index in [0.717, 1.165) is 0 Å². The maximum atomic E-state index is 5.08.